The molecule has 4 heterocycles. The Morgan fingerprint density at radius 1 is 0.899 bits per heavy atom. The average Bonchev–Trinajstić information content (AvgIpc) is 3.57. The second kappa shape index (κ2) is 21.2. The highest BCUT2D eigenvalue weighted by molar-refractivity contribution is 6.23. The summed E-state index contributed by atoms with van der Waals surface area (Å²) < 4.78 is 29.1. The lowest BCUT2D eigenvalue weighted by Gasteiger charge is -2.42. The van der Waals surface area contributed by atoms with Crippen LogP contribution in [0.5, 0.6) is 28.7 Å². The number of rotatable bonds is 7. The van der Waals surface area contributed by atoms with Crippen molar-refractivity contribution >= 4 is 40.3 Å². The van der Waals surface area contributed by atoms with Crippen molar-refractivity contribution in [2.24, 2.45) is 28.8 Å². The summed E-state index contributed by atoms with van der Waals surface area (Å²) >= 11 is 0. The number of allylic oxidation sites excluding steroid dienone is 2. The first-order valence-corrected chi connectivity index (χ1v) is 23.3. The number of phenols is 3. The Hall–Kier alpha value is -6.14. The van der Waals surface area contributed by atoms with Gasteiger partial charge in [0, 0.05) is 80.8 Å². The summed E-state index contributed by atoms with van der Waals surface area (Å²) in [6.45, 7) is 18.5. The topological polar surface area (TPSA) is 229 Å². The molecule has 4 aliphatic heterocycles. The number of ketones is 1. The zero-order chi connectivity index (χ0) is 50.8. The van der Waals surface area contributed by atoms with Crippen LogP contribution in [0.25, 0.3) is 10.8 Å². The Bertz CT molecular complexity index is 2530. The lowest BCUT2D eigenvalue weighted by molar-refractivity contribution is -0.160. The predicted molar refractivity (Wildman–Crippen MR) is 260 cm³/mol. The number of aromatic hydroxyl groups is 3. The molecule has 3 aromatic carbocycles. The van der Waals surface area contributed by atoms with Gasteiger partial charge < -0.3 is 54.5 Å². The van der Waals surface area contributed by atoms with Crippen molar-refractivity contribution in [1.29, 1.82) is 0 Å². The molecule has 0 radical (unpaired) electrons. The summed E-state index contributed by atoms with van der Waals surface area (Å²) in [6, 6.07) is 7.62. The highest BCUT2D eigenvalue weighted by Gasteiger charge is 2.50. The minimum Gasteiger partial charge on any atom is -0.507 e. The zero-order valence-corrected chi connectivity index (χ0v) is 41.5. The number of aliphatic hydroxyl groups excluding tert-OH is 2. The molecule has 17 heteroatoms. The summed E-state index contributed by atoms with van der Waals surface area (Å²) in [6.07, 6.45) is 4.84. The van der Waals surface area contributed by atoms with Gasteiger partial charge in [-0.1, -0.05) is 58.1 Å². The van der Waals surface area contributed by atoms with Crippen LogP contribution >= 0.6 is 0 Å². The highest BCUT2D eigenvalue weighted by atomic mass is 16.7. The molecule has 0 spiro atoms. The smallest absolute Gasteiger partial charge is 0.312 e. The number of carbonyl (C=O) groups is 3. The average molecular weight is 957 g/mol. The van der Waals surface area contributed by atoms with Crippen molar-refractivity contribution in [1.82, 2.24) is 9.91 Å². The van der Waals surface area contributed by atoms with E-state index in [2.05, 4.69) is 10.2 Å². The quantitative estimate of drug-likeness (QED) is 0.0627. The van der Waals surface area contributed by atoms with E-state index in [4.69, 9.17) is 28.8 Å². The molecule has 1 amide bonds. The molecule has 1 saturated heterocycles. The number of esters is 1. The second-order valence-electron chi connectivity index (χ2n) is 19.0. The number of methoxy groups -OCH3 is 2. The molecule has 0 aliphatic carbocycles. The number of aliphatic hydroxyl groups is 2. The lowest BCUT2D eigenvalue weighted by atomic mass is 9.78. The maximum Gasteiger partial charge on any atom is 0.312 e. The molecule has 374 valence electrons. The molecule has 3 aromatic rings. The van der Waals surface area contributed by atoms with Crippen LogP contribution in [-0.2, 0) is 30.3 Å². The Kier molecular flexibility index (Phi) is 16.1. The lowest BCUT2D eigenvalue weighted by Crippen LogP contribution is -2.54. The third-order valence-corrected chi connectivity index (χ3v) is 13.9. The van der Waals surface area contributed by atoms with E-state index in [0.29, 0.717) is 19.6 Å². The van der Waals surface area contributed by atoms with Gasteiger partial charge in [-0.15, -0.1) is 0 Å². The van der Waals surface area contributed by atoms with Crippen LogP contribution in [0.1, 0.15) is 89.4 Å². The first-order valence-electron chi connectivity index (χ1n) is 23.3. The van der Waals surface area contributed by atoms with Gasteiger partial charge in [-0.3, -0.25) is 24.3 Å². The van der Waals surface area contributed by atoms with E-state index in [9.17, 15) is 39.9 Å². The number of hydrazone groups is 1. The molecule has 11 atom stereocenters. The van der Waals surface area contributed by atoms with Crippen molar-refractivity contribution in [3.05, 3.63) is 82.7 Å². The van der Waals surface area contributed by atoms with Crippen molar-refractivity contribution in [3.8, 4) is 28.7 Å². The third kappa shape index (κ3) is 10.6. The number of hydrogen-bond acceptors (Lipinski definition) is 16. The summed E-state index contributed by atoms with van der Waals surface area (Å²) in [7, 11) is 3.06. The molecule has 17 nitrogen and oxygen atoms in total. The van der Waals surface area contributed by atoms with E-state index in [0.717, 1.165) is 11.3 Å². The molecule has 0 aromatic heterocycles. The maximum atomic E-state index is 14.7. The molecule has 6 N–H and O–H groups in total. The number of nitrogens with one attached hydrogen (secondary N) is 1. The Morgan fingerprint density at radius 3 is 2.16 bits per heavy atom. The minimum absolute atomic E-state index is 0.0446. The molecular weight excluding hydrogens is 889 g/mol. The number of benzene rings is 3. The van der Waals surface area contributed by atoms with Crippen molar-refractivity contribution < 1.29 is 63.6 Å². The van der Waals surface area contributed by atoms with E-state index in [1.807, 2.05) is 43.1 Å². The van der Waals surface area contributed by atoms with E-state index in [1.165, 1.54) is 59.4 Å². The number of ether oxygens (including phenoxy) is 5. The third-order valence-electron chi connectivity index (χ3n) is 13.9. The normalized spacial score (nSPS) is 29.5. The largest absolute Gasteiger partial charge is 0.507 e. The van der Waals surface area contributed by atoms with E-state index in [-0.39, 0.29) is 56.6 Å². The number of amides is 1. The van der Waals surface area contributed by atoms with Gasteiger partial charge in [0.1, 0.15) is 29.1 Å². The predicted octanol–water partition coefficient (Wildman–Crippen LogP) is 6.69. The van der Waals surface area contributed by atoms with Crippen LogP contribution in [0, 0.1) is 30.6 Å². The number of hydrogen-bond donors (Lipinski definition) is 6. The molecular formula is C52H68N4O13. The minimum atomic E-state index is -2.07. The fourth-order valence-electron chi connectivity index (χ4n) is 9.77. The summed E-state index contributed by atoms with van der Waals surface area (Å²) in [5.74, 6) is -7.76. The Morgan fingerprint density at radius 2 is 1.55 bits per heavy atom. The molecule has 0 saturated carbocycles. The second-order valence-corrected chi connectivity index (χ2v) is 19.0. The van der Waals surface area contributed by atoms with Crippen LogP contribution in [0.2, 0.25) is 0 Å². The summed E-state index contributed by atoms with van der Waals surface area (Å²) in [4.78, 5) is 43.4. The number of Topliss-reactive ketones (excluding diaryl/α,β-unsaturated/α-hetero) is 1. The number of carbonyl (C=O) groups excluding carboxylic acids is 3. The van der Waals surface area contributed by atoms with Crippen molar-refractivity contribution in [2.75, 3.05) is 32.6 Å². The number of anilines is 1. The molecule has 4 aliphatic rings. The molecule has 69 heavy (non-hydrogen) atoms. The number of fused-ring (bicyclic) bond motifs is 14. The van der Waals surface area contributed by atoms with E-state index in [1.54, 1.807) is 47.0 Å². The fourth-order valence-corrected chi connectivity index (χ4v) is 9.77. The van der Waals surface area contributed by atoms with Gasteiger partial charge in [0.15, 0.2) is 5.75 Å². The highest BCUT2D eigenvalue weighted by Crippen LogP contribution is 2.55. The fraction of sp³-hybridized carbons (Fsp3) is 0.500. The molecule has 11 unspecified atom stereocenters. The van der Waals surface area contributed by atoms with Crippen LogP contribution in [-0.4, -0.2) is 129 Å². The van der Waals surface area contributed by atoms with E-state index < -0.39 is 88.8 Å². The molecule has 1 fully saturated rings. The van der Waals surface area contributed by atoms with Crippen molar-refractivity contribution in [3.63, 3.8) is 0 Å². The monoisotopic (exact) mass is 956 g/mol. The number of nitrogens with zero attached hydrogens (tertiary/aromatic N) is 3. The standard InChI is InChI=1S/C52H68N4O13/c1-26-14-13-15-27(2)51(64)54-42-37(22-53-56-28(3)23-55(24-29(56)4)25-35-16-18-36(65-11)19-17-35)46(61)39-40(47(42)62)45(60)33(8)49-41(39)50(63)52(10,69-49)67-21-20-38(66-12)30(5)48(68-34(9)57)32(7)44(59)31(6)43(26)58/h13-22,26,28-32,38,43-44,48,58-62H,23-25H2,1-12H3,(H,54,64)/b14-13?,21-20?,27-15?,53-22+. The van der Waals surface area contributed by atoms with Crippen molar-refractivity contribution in [2.45, 2.75) is 118 Å². The van der Waals surface area contributed by atoms with E-state index >= 15 is 0 Å². The zero-order valence-electron chi connectivity index (χ0n) is 41.5. The van der Waals surface area contributed by atoms with Gasteiger partial charge in [0.2, 0.25) is 0 Å². The van der Waals surface area contributed by atoms with Crippen LogP contribution in [0.4, 0.5) is 5.69 Å². The first kappa shape index (κ1) is 52.2. The van der Waals surface area contributed by atoms with Gasteiger partial charge in [0.25, 0.3) is 11.7 Å². The Balaban J connectivity index is 1.47. The number of phenolic OH excluding ortho intramolecular Hbond substituents is 3. The van der Waals surface area contributed by atoms with Gasteiger partial charge >= 0.3 is 11.8 Å². The maximum absolute atomic E-state index is 14.7. The van der Waals surface area contributed by atoms with Crippen LogP contribution < -0.4 is 14.8 Å². The molecule has 5 bridgehead atoms. The molecule has 7 rings (SSSR count). The van der Waals surface area contributed by atoms with Gasteiger partial charge in [0.05, 0.1) is 72.2 Å². The SMILES string of the molecule is COc1ccc(CN2CC(C)N(/N=C/c3c4c(O)c5c(O)c(C)c6c(c5c3O)C(=O)C(C)(OC=CC(OC)C(C)C(OC(C)=O)C(C)C(O)C(C)C(O)C(C)C=CC=C(C)C(=O)N4)O6)C(C)C2)cc1. The van der Waals surface area contributed by atoms with Crippen LogP contribution in [0.3, 0.4) is 0 Å². The van der Waals surface area contributed by atoms with Gasteiger partial charge in [-0.05, 0) is 51.5 Å². The number of piperazine rings is 1. The van der Waals surface area contributed by atoms with Gasteiger partial charge in [-0.25, -0.2) is 0 Å². The van der Waals surface area contributed by atoms with Crippen LogP contribution in [0.15, 0.2) is 65.5 Å². The Labute approximate surface area is 403 Å². The first-order chi connectivity index (χ1) is 32.5. The summed E-state index contributed by atoms with van der Waals surface area (Å²) in [5.41, 5.74) is 0.686. The van der Waals surface area contributed by atoms with Gasteiger partial charge in [-0.2, -0.15) is 5.10 Å². The summed E-state index contributed by atoms with van der Waals surface area (Å²) in [5, 5.41) is 68.2.